The molecule has 1 fully saturated rings. The lowest BCUT2D eigenvalue weighted by Gasteiger charge is -2.22. The van der Waals surface area contributed by atoms with E-state index in [4.69, 9.17) is 5.73 Å². The van der Waals surface area contributed by atoms with E-state index in [2.05, 4.69) is 28.7 Å². The van der Waals surface area contributed by atoms with Gasteiger partial charge in [0.05, 0.1) is 17.6 Å². The standard InChI is InChI=1S/C15H22N4/c1-10(2)8-19(12-4-5-12)9-15-17-13-6-3-11(16)7-14(13)18-15/h3,6-7,10,12H,4-5,8-9,16H2,1-2H3,(H,17,18). The van der Waals surface area contributed by atoms with Gasteiger partial charge in [-0.15, -0.1) is 0 Å². The first-order valence-corrected chi connectivity index (χ1v) is 7.10. The number of hydrogen-bond acceptors (Lipinski definition) is 3. The molecule has 19 heavy (non-hydrogen) atoms. The molecule has 2 aromatic rings. The molecule has 0 amide bonds. The van der Waals surface area contributed by atoms with Gasteiger partial charge in [0.15, 0.2) is 0 Å². The highest BCUT2D eigenvalue weighted by Gasteiger charge is 2.29. The fourth-order valence-corrected chi connectivity index (χ4v) is 2.60. The predicted molar refractivity (Wildman–Crippen MR) is 78.8 cm³/mol. The van der Waals surface area contributed by atoms with E-state index in [9.17, 15) is 0 Å². The molecule has 1 aromatic carbocycles. The van der Waals surface area contributed by atoms with Crippen molar-refractivity contribution in [2.75, 3.05) is 12.3 Å². The van der Waals surface area contributed by atoms with Crippen LogP contribution in [0.2, 0.25) is 0 Å². The van der Waals surface area contributed by atoms with E-state index in [-0.39, 0.29) is 0 Å². The molecule has 0 bridgehead atoms. The van der Waals surface area contributed by atoms with Gasteiger partial charge in [0.1, 0.15) is 5.82 Å². The number of nitrogens with zero attached hydrogens (tertiary/aromatic N) is 2. The number of anilines is 1. The molecule has 3 rings (SSSR count). The van der Waals surface area contributed by atoms with Crippen molar-refractivity contribution in [1.82, 2.24) is 14.9 Å². The Kier molecular flexibility index (Phi) is 3.19. The van der Waals surface area contributed by atoms with Crippen molar-refractivity contribution < 1.29 is 0 Å². The monoisotopic (exact) mass is 258 g/mol. The minimum atomic E-state index is 0.695. The van der Waals surface area contributed by atoms with E-state index >= 15 is 0 Å². The lowest BCUT2D eigenvalue weighted by atomic mass is 10.2. The summed E-state index contributed by atoms with van der Waals surface area (Å²) in [6, 6.07) is 6.60. The maximum atomic E-state index is 5.80. The second-order valence-electron chi connectivity index (χ2n) is 6.01. The van der Waals surface area contributed by atoms with Crippen LogP contribution in [0.4, 0.5) is 5.69 Å². The lowest BCUT2D eigenvalue weighted by Crippen LogP contribution is -2.29. The van der Waals surface area contributed by atoms with Crippen LogP contribution >= 0.6 is 0 Å². The molecule has 102 valence electrons. The summed E-state index contributed by atoms with van der Waals surface area (Å²) in [5.74, 6) is 1.74. The second kappa shape index (κ2) is 4.85. The number of imidazole rings is 1. The summed E-state index contributed by atoms with van der Waals surface area (Å²) >= 11 is 0. The van der Waals surface area contributed by atoms with Crippen LogP contribution < -0.4 is 5.73 Å². The van der Waals surface area contributed by atoms with Crippen LogP contribution in [0.25, 0.3) is 11.0 Å². The van der Waals surface area contributed by atoms with E-state index in [1.54, 1.807) is 0 Å². The van der Waals surface area contributed by atoms with Crippen molar-refractivity contribution >= 4 is 16.7 Å². The molecule has 0 atom stereocenters. The first kappa shape index (κ1) is 12.5. The van der Waals surface area contributed by atoms with Gasteiger partial charge in [-0.3, -0.25) is 4.90 Å². The number of nitrogen functional groups attached to an aromatic ring is 1. The Balaban J connectivity index is 1.79. The van der Waals surface area contributed by atoms with Gasteiger partial charge in [0.25, 0.3) is 0 Å². The molecule has 0 saturated heterocycles. The van der Waals surface area contributed by atoms with Crippen molar-refractivity contribution in [3.05, 3.63) is 24.0 Å². The van der Waals surface area contributed by atoms with Crippen molar-refractivity contribution in [3.63, 3.8) is 0 Å². The topological polar surface area (TPSA) is 57.9 Å². The van der Waals surface area contributed by atoms with Gasteiger partial charge < -0.3 is 10.7 Å². The summed E-state index contributed by atoms with van der Waals surface area (Å²) in [6.45, 7) is 6.60. The number of rotatable bonds is 5. The summed E-state index contributed by atoms with van der Waals surface area (Å²) in [5, 5.41) is 0. The minimum Gasteiger partial charge on any atom is -0.399 e. The van der Waals surface area contributed by atoms with Gasteiger partial charge in [-0.1, -0.05) is 13.8 Å². The van der Waals surface area contributed by atoms with Crippen molar-refractivity contribution in [2.24, 2.45) is 5.92 Å². The normalized spacial score (nSPS) is 15.8. The average Bonchev–Trinajstić information content (AvgIpc) is 3.10. The second-order valence-corrected chi connectivity index (χ2v) is 6.01. The third-order valence-electron chi connectivity index (χ3n) is 3.57. The predicted octanol–water partition coefficient (Wildman–Crippen LogP) is 2.77. The van der Waals surface area contributed by atoms with E-state index < -0.39 is 0 Å². The van der Waals surface area contributed by atoms with E-state index in [0.717, 1.165) is 41.7 Å². The summed E-state index contributed by atoms with van der Waals surface area (Å²) in [6.07, 6.45) is 2.67. The van der Waals surface area contributed by atoms with Crippen molar-refractivity contribution in [2.45, 2.75) is 39.3 Å². The molecule has 0 radical (unpaired) electrons. The molecule has 1 saturated carbocycles. The molecule has 1 aromatic heterocycles. The highest BCUT2D eigenvalue weighted by molar-refractivity contribution is 5.78. The first-order valence-electron chi connectivity index (χ1n) is 7.10. The van der Waals surface area contributed by atoms with Gasteiger partial charge in [-0.25, -0.2) is 4.98 Å². The summed E-state index contributed by atoms with van der Waals surface area (Å²) in [7, 11) is 0. The van der Waals surface area contributed by atoms with Crippen molar-refractivity contribution in [1.29, 1.82) is 0 Å². The molecule has 4 nitrogen and oxygen atoms in total. The van der Waals surface area contributed by atoms with E-state index in [1.165, 1.54) is 12.8 Å². The molecule has 1 aliphatic carbocycles. The largest absolute Gasteiger partial charge is 0.399 e. The van der Waals surface area contributed by atoms with Gasteiger partial charge in [0.2, 0.25) is 0 Å². The van der Waals surface area contributed by atoms with Crippen LogP contribution in [0.15, 0.2) is 18.2 Å². The third kappa shape index (κ3) is 2.89. The van der Waals surface area contributed by atoms with Gasteiger partial charge in [-0.2, -0.15) is 0 Å². The number of aromatic nitrogens is 2. The maximum Gasteiger partial charge on any atom is 0.121 e. The molecule has 0 spiro atoms. The van der Waals surface area contributed by atoms with Crippen LogP contribution in [0, 0.1) is 5.92 Å². The number of aromatic amines is 1. The summed E-state index contributed by atoms with van der Waals surface area (Å²) < 4.78 is 0. The molecule has 4 heteroatoms. The highest BCUT2D eigenvalue weighted by Crippen LogP contribution is 2.29. The molecule has 3 N–H and O–H groups in total. The summed E-state index contributed by atoms with van der Waals surface area (Å²) in [5.41, 5.74) is 8.62. The molecule has 1 heterocycles. The first-order chi connectivity index (χ1) is 9.11. The summed E-state index contributed by atoms with van der Waals surface area (Å²) in [4.78, 5) is 10.6. The van der Waals surface area contributed by atoms with Crippen LogP contribution in [0.1, 0.15) is 32.5 Å². The van der Waals surface area contributed by atoms with Crippen LogP contribution in [-0.4, -0.2) is 27.5 Å². The number of hydrogen-bond donors (Lipinski definition) is 2. The number of benzene rings is 1. The zero-order chi connectivity index (χ0) is 13.4. The Morgan fingerprint density at radius 1 is 1.42 bits per heavy atom. The third-order valence-corrected chi connectivity index (χ3v) is 3.57. The fourth-order valence-electron chi connectivity index (χ4n) is 2.60. The minimum absolute atomic E-state index is 0.695. The Labute approximate surface area is 114 Å². The van der Waals surface area contributed by atoms with Gasteiger partial charge >= 0.3 is 0 Å². The van der Waals surface area contributed by atoms with Crippen LogP contribution in [0.5, 0.6) is 0 Å². The number of nitrogens with one attached hydrogen (secondary N) is 1. The highest BCUT2D eigenvalue weighted by atomic mass is 15.2. The maximum absolute atomic E-state index is 5.80. The molecular weight excluding hydrogens is 236 g/mol. The van der Waals surface area contributed by atoms with Gasteiger partial charge in [-0.05, 0) is 37.0 Å². The smallest absolute Gasteiger partial charge is 0.121 e. The van der Waals surface area contributed by atoms with E-state index in [1.807, 2.05) is 18.2 Å². The molecular formula is C15H22N4. The zero-order valence-electron chi connectivity index (χ0n) is 11.7. The van der Waals surface area contributed by atoms with Crippen LogP contribution in [0.3, 0.4) is 0 Å². The van der Waals surface area contributed by atoms with E-state index in [0.29, 0.717) is 5.92 Å². The Morgan fingerprint density at radius 3 is 2.89 bits per heavy atom. The number of H-pyrrole nitrogens is 1. The number of nitrogens with two attached hydrogens (primary N) is 1. The lowest BCUT2D eigenvalue weighted by molar-refractivity contribution is 0.221. The Bertz CT molecular complexity index is 569. The quantitative estimate of drug-likeness (QED) is 0.811. The molecule has 0 aliphatic heterocycles. The molecule has 0 unspecified atom stereocenters. The average molecular weight is 258 g/mol. The zero-order valence-corrected chi connectivity index (χ0v) is 11.7. The molecule has 1 aliphatic rings. The Morgan fingerprint density at radius 2 is 2.21 bits per heavy atom. The van der Waals surface area contributed by atoms with Crippen molar-refractivity contribution in [3.8, 4) is 0 Å². The van der Waals surface area contributed by atoms with Crippen LogP contribution in [-0.2, 0) is 6.54 Å². The fraction of sp³-hybridized carbons (Fsp3) is 0.533. The van der Waals surface area contributed by atoms with Gasteiger partial charge in [0, 0.05) is 18.3 Å². The SMILES string of the molecule is CC(C)CN(Cc1nc2ccc(N)cc2[nH]1)C1CC1. The Hall–Kier alpha value is -1.55. The number of fused-ring (bicyclic) bond motifs is 1.